The van der Waals surface area contributed by atoms with Crippen molar-refractivity contribution in [1.82, 2.24) is 9.66 Å². The molecule has 1 aliphatic rings. The van der Waals surface area contributed by atoms with Crippen LogP contribution in [0, 0.1) is 3.57 Å². The molecule has 0 saturated heterocycles. The highest BCUT2D eigenvalue weighted by molar-refractivity contribution is 14.1. The first-order valence-electron chi connectivity index (χ1n) is 8.60. The third-order valence-electron chi connectivity index (χ3n) is 4.65. The Morgan fingerprint density at radius 1 is 1.26 bits per heavy atom. The maximum Gasteiger partial charge on any atom is 0.282 e. The van der Waals surface area contributed by atoms with Gasteiger partial charge in [0, 0.05) is 4.88 Å². The summed E-state index contributed by atoms with van der Waals surface area (Å²) in [6.45, 7) is 0. The summed E-state index contributed by atoms with van der Waals surface area (Å²) in [6.07, 6.45) is 7.44. The van der Waals surface area contributed by atoms with Crippen LogP contribution in [0.3, 0.4) is 0 Å². The Bertz CT molecular complexity index is 1100. The van der Waals surface area contributed by atoms with E-state index in [1.165, 1.54) is 27.9 Å². The minimum Gasteiger partial charge on any atom is -0.493 e. The first kappa shape index (κ1) is 18.4. The number of rotatable bonds is 4. The quantitative estimate of drug-likeness (QED) is 0.408. The second-order valence-corrected chi connectivity index (χ2v) is 8.51. The second kappa shape index (κ2) is 7.59. The number of benzene rings is 1. The van der Waals surface area contributed by atoms with Gasteiger partial charge in [-0.1, -0.05) is 0 Å². The fourth-order valence-electron chi connectivity index (χ4n) is 3.36. The van der Waals surface area contributed by atoms with Gasteiger partial charge in [0.05, 0.1) is 29.4 Å². The number of nitrogens with zero attached hydrogens (tertiary/aromatic N) is 3. The molecule has 3 aromatic rings. The Morgan fingerprint density at radius 3 is 2.85 bits per heavy atom. The molecular weight excluding hydrogens is 477 g/mol. The highest BCUT2D eigenvalue weighted by Crippen LogP contribution is 2.34. The molecule has 140 valence electrons. The van der Waals surface area contributed by atoms with Crippen molar-refractivity contribution in [3.63, 3.8) is 0 Å². The van der Waals surface area contributed by atoms with Gasteiger partial charge in [-0.2, -0.15) is 9.78 Å². The third kappa shape index (κ3) is 3.36. The summed E-state index contributed by atoms with van der Waals surface area (Å²) in [5.74, 6) is 1.30. The highest BCUT2D eigenvalue weighted by Gasteiger charge is 2.19. The standard InChI is InChI=1S/C19H18IN3O3S/c1-25-14-8-11(7-13(20)17(14)26-2)9-22-23-10-21-18-16(19(23)24)12-5-3-4-6-15(12)27-18/h7-10H,3-6H2,1-2H3/b22-9-. The zero-order valence-corrected chi connectivity index (χ0v) is 18.0. The van der Waals surface area contributed by atoms with Crippen LogP contribution in [-0.2, 0) is 12.8 Å². The molecule has 0 unspecified atom stereocenters. The zero-order valence-electron chi connectivity index (χ0n) is 15.0. The second-order valence-electron chi connectivity index (χ2n) is 6.27. The van der Waals surface area contributed by atoms with Crippen LogP contribution in [0.1, 0.15) is 28.8 Å². The van der Waals surface area contributed by atoms with Crippen LogP contribution in [0.15, 0.2) is 28.4 Å². The molecule has 1 aromatic carbocycles. The van der Waals surface area contributed by atoms with Crippen molar-refractivity contribution in [2.24, 2.45) is 5.10 Å². The lowest BCUT2D eigenvalue weighted by Crippen LogP contribution is -2.18. The fraction of sp³-hybridized carbons (Fsp3) is 0.316. The van der Waals surface area contributed by atoms with E-state index in [2.05, 4.69) is 32.7 Å². The molecule has 0 amide bonds. The van der Waals surface area contributed by atoms with Crippen LogP contribution in [0.25, 0.3) is 10.2 Å². The van der Waals surface area contributed by atoms with Gasteiger partial charge in [0.25, 0.3) is 5.56 Å². The largest absolute Gasteiger partial charge is 0.493 e. The Morgan fingerprint density at radius 2 is 2.07 bits per heavy atom. The van der Waals surface area contributed by atoms with Gasteiger partial charge < -0.3 is 9.47 Å². The van der Waals surface area contributed by atoms with Crippen LogP contribution in [0.4, 0.5) is 0 Å². The highest BCUT2D eigenvalue weighted by atomic mass is 127. The van der Waals surface area contributed by atoms with E-state index in [4.69, 9.17) is 9.47 Å². The topological polar surface area (TPSA) is 65.7 Å². The smallest absolute Gasteiger partial charge is 0.282 e. The van der Waals surface area contributed by atoms with Crippen LogP contribution in [-0.4, -0.2) is 30.1 Å². The minimum atomic E-state index is -0.106. The predicted octanol–water partition coefficient (Wildman–Crippen LogP) is 3.84. The van der Waals surface area contributed by atoms with E-state index in [1.807, 2.05) is 12.1 Å². The molecule has 0 radical (unpaired) electrons. The zero-order chi connectivity index (χ0) is 19.0. The van der Waals surface area contributed by atoms with Crippen LogP contribution in [0.5, 0.6) is 11.5 Å². The van der Waals surface area contributed by atoms with Gasteiger partial charge in [0.1, 0.15) is 11.2 Å². The molecule has 0 fully saturated rings. The molecule has 0 atom stereocenters. The van der Waals surface area contributed by atoms with Crippen molar-refractivity contribution in [3.05, 3.63) is 48.4 Å². The van der Waals surface area contributed by atoms with E-state index in [-0.39, 0.29) is 5.56 Å². The van der Waals surface area contributed by atoms with Crippen LogP contribution < -0.4 is 15.0 Å². The number of ether oxygens (including phenoxy) is 2. The molecule has 1 aliphatic carbocycles. The summed E-state index contributed by atoms with van der Waals surface area (Å²) >= 11 is 3.82. The monoisotopic (exact) mass is 495 g/mol. The maximum atomic E-state index is 12.9. The van der Waals surface area contributed by atoms with Gasteiger partial charge in [0.2, 0.25) is 0 Å². The summed E-state index contributed by atoms with van der Waals surface area (Å²) in [4.78, 5) is 19.5. The molecule has 0 aliphatic heterocycles. The first-order chi connectivity index (χ1) is 13.1. The summed E-state index contributed by atoms with van der Waals surface area (Å²) in [6, 6.07) is 3.75. The summed E-state index contributed by atoms with van der Waals surface area (Å²) in [5, 5.41) is 5.08. The van der Waals surface area contributed by atoms with Crippen molar-refractivity contribution >= 4 is 50.4 Å². The number of halogens is 1. The van der Waals surface area contributed by atoms with Crippen LogP contribution in [0.2, 0.25) is 0 Å². The average molecular weight is 495 g/mol. The molecule has 4 rings (SSSR count). The van der Waals surface area contributed by atoms with E-state index >= 15 is 0 Å². The number of hydrogen-bond donors (Lipinski definition) is 0. The molecule has 2 heterocycles. The normalized spacial score (nSPS) is 13.9. The molecule has 0 bridgehead atoms. The number of thiophene rings is 1. The number of fused-ring (bicyclic) bond motifs is 3. The van der Waals surface area contributed by atoms with E-state index in [0.717, 1.165) is 38.6 Å². The summed E-state index contributed by atoms with van der Waals surface area (Å²) < 4.78 is 12.9. The lowest BCUT2D eigenvalue weighted by molar-refractivity contribution is 0.353. The molecule has 6 nitrogen and oxygen atoms in total. The number of aromatic nitrogens is 2. The Balaban J connectivity index is 1.75. The van der Waals surface area contributed by atoms with Gasteiger partial charge in [0.15, 0.2) is 11.5 Å². The van der Waals surface area contributed by atoms with E-state index in [1.54, 1.807) is 31.8 Å². The number of methoxy groups -OCH3 is 2. The van der Waals surface area contributed by atoms with Crippen LogP contribution >= 0.6 is 33.9 Å². The van der Waals surface area contributed by atoms with Crippen molar-refractivity contribution in [2.45, 2.75) is 25.7 Å². The van der Waals surface area contributed by atoms with Crippen molar-refractivity contribution < 1.29 is 9.47 Å². The van der Waals surface area contributed by atoms with Gasteiger partial charge >= 0.3 is 0 Å². The van der Waals surface area contributed by atoms with Gasteiger partial charge in [-0.25, -0.2) is 4.98 Å². The van der Waals surface area contributed by atoms with Gasteiger partial charge in [-0.05, 0) is 71.5 Å². The fourth-order valence-corrected chi connectivity index (χ4v) is 5.43. The molecule has 0 N–H and O–H groups in total. The molecule has 0 saturated carbocycles. The first-order valence-corrected chi connectivity index (χ1v) is 10.5. The van der Waals surface area contributed by atoms with Gasteiger partial charge in [-0.15, -0.1) is 11.3 Å². The molecular formula is C19H18IN3O3S. The van der Waals surface area contributed by atoms with Gasteiger partial charge in [-0.3, -0.25) is 4.79 Å². The summed E-state index contributed by atoms with van der Waals surface area (Å²) in [7, 11) is 3.20. The maximum absolute atomic E-state index is 12.9. The Labute approximate surface area is 174 Å². The molecule has 8 heteroatoms. The lowest BCUT2D eigenvalue weighted by atomic mass is 9.97. The Kier molecular flexibility index (Phi) is 5.18. The van der Waals surface area contributed by atoms with E-state index in [9.17, 15) is 4.79 Å². The number of aryl methyl sites for hydroxylation is 2. The van der Waals surface area contributed by atoms with E-state index < -0.39 is 0 Å². The molecule has 2 aromatic heterocycles. The SMILES string of the molecule is COc1cc(/C=N\n2cnc3sc4c(c3c2=O)CCCC4)cc(I)c1OC. The minimum absolute atomic E-state index is 0.106. The van der Waals surface area contributed by atoms with Crippen molar-refractivity contribution in [2.75, 3.05) is 14.2 Å². The number of hydrogen-bond acceptors (Lipinski definition) is 6. The third-order valence-corrected chi connectivity index (χ3v) is 6.65. The van der Waals surface area contributed by atoms with Crippen molar-refractivity contribution in [3.8, 4) is 11.5 Å². The molecule has 0 spiro atoms. The molecule has 27 heavy (non-hydrogen) atoms. The predicted molar refractivity (Wildman–Crippen MR) is 116 cm³/mol. The Hall–Kier alpha value is -1.94. The lowest BCUT2D eigenvalue weighted by Gasteiger charge is -2.10. The van der Waals surface area contributed by atoms with E-state index in [0.29, 0.717) is 11.5 Å². The van der Waals surface area contributed by atoms with Crippen molar-refractivity contribution in [1.29, 1.82) is 0 Å². The summed E-state index contributed by atoms with van der Waals surface area (Å²) in [5.41, 5.74) is 1.88. The average Bonchev–Trinajstić information content (AvgIpc) is 3.06.